The van der Waals surface area contributed by atoms with Crippen LogP contribution in [-0.2, 0) is 11.8 Å². The summed E-state index contributed by atoms with van der Waals surface area (Å²) in [5, 5.41) is 13.5. The molecular formula is C17H23NO2S. The van der Waals surface area contributed by atoms with E-state index in [1.54, 1.807) is 18.4 Å². The summed E-state index contributed by atoms with van der Waals surface area (Å²) in [6, 6.07) is 5.78. The predicted octanol–water partition coefficient (Wildman–Crippen LogP) is 4.03. The molecular weight excluding hydrogens is 282 g/mol. The zero-order chi connectivity index (χ0) is 15.6. The number of ether oxygens (including phenoxy) is 1. The molecule has 1 N–H and O–H groups in total. The fourth-order valence-electron chi connectivity index (χ4n) is 2.14. The molecule has 4 heteroatoms. The van der Waals surface area contributed by atoms with Gasteiger partial charge in [0.15, 0.2) is 0 Å². The Labute approximate surface area is 130 Å². The summed E-state index contributed by atoms with van der Waals surface area (Å²) in [6.07, 6.45) is 0.0144. The van der Waals surface area contributed by atoms with Crippen LogP contribution in [0.5, 0.6) is 5.75 Å². The average molecular weight is 305 g/mol. The van der Waals surface area contributed by atoms with Crippen LogP contribution in [0.2, 0.25) is 0 Å². The molecule has 0 aliphatic carbocycles. The number of methoxy groups -OCH3 is 1. The van der Waals surface area contributed by atoms with Gasteiger partial charge in [-0.1, -0.05) is 26.8 Å². The molecule has 2 rings (SSSR count). The molecule has 21 heavy (non-hydrogen) atoms. The lowest BCUT2D eigenvalue weighted by Gasteiger charge is -2.15. The quantitative estimate of drug-likeness (QED) is 0.927. The third-order valence-corrected chi connectivity index (χ3v) is 4.36. The number of thiazole rings is 1. The standard InChI is InChI=1S/C17H23NO2S/c1-11-8-12(6-7-14(11)20-5)13(19)9-16-18-15(10-21-16)17(2,3)4/h6-8,10,13,19H,9H2,1-5H3. The number of hydrogen-bond donors (Lipinski definition) is 1. The van der Waals surface area contributed by atoms with E-state index < -0.39 is 6.10 Å². The van der Waals surface area contributed by atoms with Gasteiger partial charge in [-0.3, -0.25) is 0 Å². The highest BCUT2D eigenvalue weighted by atomic mass is 32.1. The number of aliphatic hydroxyl groups is 1. The lowest BCUT2D eigenvalue weighted by Crippen LogP contribution is -2.12. The van der Waals surface area contributed by atoms with Crippen LogP contribution in [0.15, 0.2) is 23.6 Å². The van der Waals surface area contributed by atoms with E-state index in [4.69, 9.17) is 4.74 Å². The molecule has 0 saturated heterocycles. The maximum absolute atomic E-state index is 10.4. The maximum Gasteiger partial charge on any atom is 0.121 e. The van der Waals surface area contributed by atoms with Crippen LogP contribution in [0.25, 0.3) is 0 Å². The summed E-state index contributed by atoms with van der Waals surface area (Å²) >= 11 is 1.62. The van der Waals surface area contributed by atoms with Gasteiger partial charge in [0.1, 0.15) is 5.75 Å². The Morgan fingerprint density at radius 2 is 2.05 bits per heavy atom. The first-order valence-corrected chi connectivity index (χ1v) is 7.96. The molecule has 0 aliphatic rings. The molecule has 0 saturated carbocycles. The van der Waals surface area contributed by atoms with E-state index in [0.717, 1.165) is 27.6 Å². The van der Waals surface area contributed by atoms with Crippen molar-refractivity contribution in [3.05, 3.63) is 45.4 Å². The second kappa shape index (κ2) is 6.16. The first kappa shape index (κ1) is 16.0. The number of aliphatic hydroxyl groups excluding tert-OH is 1. The number of benzene rings is 1. The highest BCUT2D eigenvalue weighted by Gasteiger charge is 2.19. The molecule has 0 fully saturated rings. The summed E-state index contributed by atoms with van der Waals surface area (Å²) in [5.41, 5.74) is 3.07. The van der Waals surface area contributed by atoms with Crippen molar-refractivity contribution >= 4 is 11.3 Å². The summed E-state index contributed by atoms with van der Waals surface area (Å²) in [4.78, 5) is 4.64. The molecule has 0 radical (unpaired) electrons. The summed E-state index contributed by atoms with van der Waals surface area (Å²) in [7, 11) is 1.65. The molecule has 0 spiro atoms. The van der Waals surface area contributed by atoms with Crippen molar-refractivity contribution in [2.45, 2.75) is 45.6 Å². The van der Waals surface area contributed by atoms with Crippen molar-refractivity contribution in [1.29, 1.82) is 0 Å². The van der Waals surface area contributed by atoms with Crippen LogP contribution in [0.1, 0.15) is 48.7 Å². The van der Waals surface area contributed by atoms with Crippen LogP contribution < -0.4 is 4.74 Å². The normalized spacial score (nSPS) is 13.2. The minimum Gasteiger partial charge on any atom is -0.496 e. The Balaban J connectivity index is 2.12. The Morgan fingerprint density at radius 3 is 2.57 bits per heavy atom. The zero-order valence-corrected chi connectivity index (χ0v) is 14.1. The Hall–Kier alpha value is -1.39. The second-order valence-electron chi connectivity index (χ2n) is 6.33. The van der Waals surface area contributed by atoms with Crippen molar-refractivity contribution < 1.29 is 9.84 Å². The van der Waals surface area contributed by atoms with Gasteiger partial charge in [0.25, 0.3) is 0 Å². The fraction of sp³-hybridized carbons (Fsp3) is 0.471. The second-order valence-corrected chi connectivity index (χ2v) is 7.27. The highest BCUT2D eigenvalue weighted by Crippen LogP contribution is 2.28. The van der Waals surface area contributed by atoms with E-state index >= 15 is 0 Å². The van der Waals surface area contributed by atoms with E-state index in [1.807, 2.05) is 25.1 Å². The smallest absolute Gasteiger partial charge is 0.121 e. The first-order chi connectivity index (χ1) is 9.81. The van der Waals surface area contributed by atoms with Crippen molar-refractivity contribution in [3.8, 4) is 5.75 Å². The summed E-state index contributed by atoms with van der Waals surface area (Å²) in [5.74, 6) is 0.843. The SMILES string of the molecule is COc1ccc(C(O)Cc2nc(C(C)(C)C)cs2)cc1C. The number of rotatable bonds is 4. The van der Waals surface area contributed by atoms with Gasteiger partial charge in [-0.05, 0) is 30.2 Å². The molecule has 1 unspecified atom stereocenters. The van der Waals surface area contributed by atoms with Gasteiger partial charge in [-0.2, -0.15) is 0 Å². The molecule has 114 valence electrons. The van der Waals surface area contributed by atoms with Crippen molar-refractivity contribution in [1.82, 2.24) is 4.98 Å². The highest BCUT2D eigenvalue weighted by molar-refractivity contribution is 7.09. The Bertz CT molecular complexity index is 613. The van der Waals surface area contributed by atoms with Crippen LogP contribution >= 0.6 is 11.3 Å². The van der Waals surface area contributed by atoms with Crippen molar-refractivity contribution in [2.75, 3.05) is 7.11 Å². The van der Waals surface area contributed by atoms with Gasteiger partial charge in [-0.25, -0.2) is 4.98 Å². The van der Waals surface area contributed by atoms with E-state index in [1.165, 1.54) is 0 Å². The molecule has 2 aromatic rings. The molecule has 3 nitrogen and oxygen atoms in total. The fourth-order valence-corrected chi connectivity index (χ4v) is 3.20. The van der Waals surface area contributed by atoms with Gasteiger partial charge < -0.3 is 9.84 Å². The largest absolute Gasteiger partial charge is 0.496 e. The maximum atomic E-state index is 10.4. The van der Waals surface area contributed by atoms with E-state index in [2.05, 4.69) is 31.1 Å². The molecule has 1 aromatic carbocycles. The average Bonchev–Trinajstić information content (AvgIpc) is 2.87. The molecule has 1 heterocycles. The number of aryl methyl sites for hydroxylation is 1. The summed E-state index contributed by atoms with van der Waals surface area (Å²) < 4.78 is 5.25. The van der Waals surface area contributed by atoms with Gasteiger partial charge in [0.05, 0.1) is 23.9 Å². The lowest BCUT2D eigenvalue weighted by atomic mass is 9.93. The minimum atomic E-state index is -0.534. The van der Waals surface area contributed by atoms with Gasteiger partial charge in [0.2, 0.25) is 0 Å². The third-order valence-electron chi connectivity index (χ3n) is 3.49. The van der Waals surface area contributed by atoms with Gasteiger partial charge in [-0.15, -0.1) is 11.3 Å². The van der Waals surface area contributed by atoms with E-state index in [9.17, 15) is 5.11 Å². The molecule has 1 aromatic heterocycles. The van der Waals surface area contributed by atoms with Crippen LogP contribution in [0, 0.1) is 6.92 Å². The van der Waals surface area contributed by atoms with Gasteiger partial charge >= 0.3 is 0 Å². The van der Waals surface area contributed by atoms with Gasteiger partial charge in [0, 0.05) is 17.2 Å². The van der Waals surface area contributed by atoms with Crippen molar-refractivity contribution in [2.24, 2.45) is 0 Å². The predicted molar refractivity (Wildman–Crippen MR) is 87.2 cm³/mol. The van der Waals surface area contributed by atoms with Crippen LogP contribution in [0.4, 0.5) is 0 Å². The van der Waals surface area contributed by atoms with E-state index in [-0.39, 0.29) is 5.41 Å². The minimum absolute atomic E-state index is 0.0520. The molecule has 0 amide bonds. The molecule has 0 bridgehead atoms. The molecule has 1 atom stereocenters. The van der Waals surface area contributed by atoms with Crippen LogP contribution in [0.3, 0.4) is 0 Å². The summed E-state index contributed by atoms with van der Waals surface area (Å²) in [6.45, 7) is 8.43. The Kier molecular flexibility index (Phi) is 4.69. The Morgan fingerprint density at radius 1 is 1.33 bits per heavy atom. The molecule has 0 aliphatic heterocycles. The van der Waals surface area contributed by atoms with Crippen LogP contribution in [-0.4, -0.2) is 17.2 Å². The lowest BCUT2D eigenvalue weighted by molar-refractivity contribution is 0.178. The number of nitrogens with zero attached hydrogens (tertiary/aromatic N) is 1. The zero-order valence-electron chi connectivity index (χ0n) is 13.3. The monoisotopic (exact) mass is 305 g/mol. The first-order valence-electron chi connectivity index (χ1n) is 7.08. The topological polar surface area (TPSA) is 42.4 Å². The van der Waals surface area contributed by atoms with E-state index in [0.29, 0.717) is 6.42 Å². The van der Waals surface area contributed by atoms with Crippen molar-refractivity contribution in [3.63, 3.8) is 0 Å². The third kappa shape index (κ3) is 3.83. The number of aromatic nitrogens is 1. The number of hydrogen-bond acceptors (Lipinski definition) is 4.